The molecule has 0 aromatic carbocycles. The van der Waals surface area contributed by atoms with Crippen molar-refractivity contribution < 1.29 is 14.7 Å². The second kappa shape index (κ2) is 5.07. The van der Waals surface area contributed by atoms with Gasteiger partial charge in [-0.2, -0.15) is 0 Å². The monoisotopic (exact) mass is 187 g/mol. The Labute approximate surface area is 78.5 Å². The fourth-order valence-electron chi connectivity index (χ4n) is 1.31. The molecule has 1 atom stereocenters. The normalized spacial score (nSPS) is 22.2. The van der Waals surface area contributed by atoms with E-state index >= 15 is 0 Å². The molecule has 0 aromatic heterocycles. The summed E-state index contributed by atoms with van der Waals surface area (Å²) in [5, 5.41) is 12.7. The number of aliphatic hydroxyl groups excluding tert-OH is 1. The number of aliphatic hydroxyl groups is 1. The number of hydrogen-bond donors (Lipinski definition) is 1. The molecule has 1 unspecified atom stereocenters. The Kier molecular flexibility index (Phi) is 4.02. The first-order chi connectivity index (χ1) is 6.31. The van der Waals surface area contributed by atoms with Crippen LogP contribution in [0.25, 0.3) is 0 Å². The maximum Gasteiger partial charge on any atom is 0.229 e. The second-order valence-corrected chi connectivity index (χ2v) is 3.16. The predicted molar refractivity (Wildman–Crippen MR) is 49.4 cm³/mol. The van der Waals surface area contributed by atoms with Crippen LogP contribution in [0.1, 0.15) is 26.7 Å². The van der Waals surface area contributed by atoms with Gasteiger partial charge >= 0.3 is 0 Å². The molecule has 0 amide bonds. The van der Waals surface area contributed by atoms with Crippen LogP contribution in [0.5, 0.6) is 0 Å². The molecule has 4 nitrogen and oxygen atoms in total. The van der Waals surface area contributed by atoms with E-state index in [1.165, 1.54) is 0 Å². The van der Waals surface area contributed by atoms with E-state index in [1.54, 1.807) is 0 Å². The Morgan fingerprint density at radius 1 is 1.54 bits per heavy atom. The summed E-state index contributed by atoms with van der Waals surface area (Å²) in [4.78, 5) is 4.97. The van der Waals surface area contributed by atoms with E-state index in [2.05, 4.69) is 19.0 Å². The first-order valence-corrected chi connectivity index (χ1v) is 4.79. The van der Waals surface area contributed by atoms with E-state index in [4.69, 9.17) is 14.7 Å². The molecule has 0 aromatic rings. The number of ether oxygens (including phenoxy) is 1. The largest absolute Gasteiger partial charge is 0.469 e. The van der Waals surface area contributed by atoms with E-state index in [0.717, 1.165) is 12.8 Å². The van der Waals surface area contributed by atoms with Crippen molar-refractivity contribution in [1.82, 2.24) is 0 Å². The van der Waals surface area contributed by atoms with Crippen LogP contribution in [0.3, 0.4) is 0 Å². The molecule has 4 heteroatoms. The molecule has 0 aliphatic carbocycles. The van der Waals surface area contributed by atoms with Gasteiger partial charge in [0.05, 0.1) is 6.61 Å². The predicted octanol–water partition coefficient (Wildman–Crippen LogP) is 1.14. The molecule has 0 spiro atoms. The van der Waals surface area contributed by atoms with Gasteiger partial charge in [-0.05, 0) is 12.8 Å². The van der Waals surface area contributed by atoms with E-state index in [9.17, 15) is 0 Å². The summed E-state index contributed by atoms with van der Waals surface area (Å²) in [7, 11) is 0. The second-order valence-electron chi connectivity index (χ2n) is 3.16. The Balaban J connectivity index is 2.53. The van der Waals surface area contributed by atoms with Crippen molar-refractivity contribution in [1.29, 1.82) is 0 Å². The van der Waals surface area contributed by atoms with Gasteiger partial charge in [0, 0.05) is 5.92 Å². The summed E-state index contributed by atoms with van der Waals surface area (Å²) < 4.78 is 5.45. The summed E-state index contributed by atoms with van der Waals surface area (Å²) in [6.07, 6.45) is 1.72. The molecule has 1 heterocycles. The molecular formula is C9H17NO3. The Hall–Kier alpha value is -0.770. The third-order valence-electron chi connectivity index (χ3n) is 2.24. The standard InChI is InChI=1S/C9H17NO3/c1-3-7(4-2)9-10-12-6-8(5-11)13-9/h7-8,11H,3-6H2,1-2H3. The Morgan fingerprint density at radius 3 is 2.77 bits per heavy atom. The Morgan fingerprint density at radius 2 is 2.23 bits per heavy atom. The molecular weight excluding hydrogens is 170 g/mol. The fourth-order valence-corrected chi connectivity index (χ4v) is 1.31. The minimum absolute atomic E-state index is 0.0147. The lowest BCUT2D eigenvalue weighted by atomic mass is 10.0. The molecule has 0 fully saturated rings. The van der Waals surface area contributed by atoms with Crippen molar-refractivity contribution in [2.24, 2.45) is 11.1 Å². The van der Waals surface area contributed by atoms with Crippen LogP contribution in [0, 0.1) is 5.92 Å². The van der Waals surface area contributed by atoms with Crippen molar-refractivity contribution in [3.8, 4) is 0 Å². The van der Waals surface area contributed by atoms with Gasteiger partial charge in [-0.25, -0.2) is 0 Å². The lowest BCUT2D eigenvalue weighted by molar-refractivity contribution is -0.0224. The first kappa shape index (κ1) is 10.3. The highest BCUT2D eigenvalue weighted by Gasteiger charge is 2.23. The van der Waals surface area contributed by atoms with Crippen LogP contribution in [-0.2, 0) is 9.57 Å². The lowest BCUT2D eigenvalue weighted by Gasteiger charge is -2.25. The third kappa shape index (κ3) is 2.59. The summed E-state index contributed by atoms with van der Waals surface area (Å²) >= 11 is 0. The van der Waals surface area contributed by atoms with E-state index in [0.29, 0.717) is 18.4 Å². The van der Waals surface area contributed by atoms with Gasteiger partial charge < -0.3 is 14.7 Å². The Bertz CT molecular complexity index is 178. The SMILES string of the molecule is CCC(CC)C1=NOCC(CO)O1. The topological polar surface area (TPSA) is 51.0 Å². The molecule has 13 heavy (non-hydrogen) atoms. The molecule has 76 valence electrons. The molecule has 0 saturated heterocycles. The number of hydrogen-bond acceptors (Lipinski definition) is 4. The van der Waals surface area contributed by atoms with Crippen molar-refractivity contribution in [2.45, 2.75) is 32.8 Å². The third-order valence-corrected chi connectivity index (χ3v) is 2.24. The van der Waals surface area contributed by atoms with Crippen LogP contribution in [0.4, 0.5) is 0 Å². The first-order valence-electron chi connectivity index (χ1n) is 4.79. The fraction of sp³-hybridized carbons (Fsp3) is 0.889. The van der Waals surface area contributed by atoms with Crippen LogP contribution < -0.4 is 0 Å². The average molecular weight is 187 g/mol. The van der Waals surface area contributed by atoms with E-state index in [-0.39, 0.29) is 12.7 Å². The maximum absolute atomic E-state index is 8.88. The number of rotatable bonds is 4. The highest BCUT2D eigenvalue weighted by molar-refractivity contribution is 5.78. The molecule has 1 N–H and O–H groups in total. The number of nitrogens with zero attached hydrogens (tertiary/aromatic N) is 1. The zero-order valence-electron chi connectivity index (χ0n) is 8.19. The molecule has 1 aliphatic rings. The van der Waals surface area contributed by atoms with E-state index < -0.39 is 0 Å². The minimum atomic E-state index is -0.243. The van der Waals surface area contributed by atoms with Gasteiger partial charge in [-0.1, -0.05) is 19.0 Å². The zero-order chi connectivity index (χ0) is 9.68. The molecule has 0 bridgehead atoms. The van der Waals surface area contributed by atoms with Gasteiger partial charge in [0.1, 0.15) is 0 Å². The molecule has 1 rings (SSSR count). The van der Waals surface area contributed by atoms with Gasteiger partial charge in [-0.3, -0.25) is 0 Å². The van der Waals surface area contributed by atoms with Crippen molar-refractivity contribution in [3.05, 3.63) is 0 Å². The average Bonchev–Trinajstić information content (AvgIpc) is 2.20. The molecule has 0 saturated carbocycles. The van der Waals surface area contributed by atoms with Gasteiger partial charge in [-0.15, -0.1) is 0 Å². The van der Waals surface area contributed by atoms with Crippen LogP contribution in [-0.4, -0.2) is 30.3 Å². The quantitative estimate of drug-likeness (QED) is 0.718. The van der Waals surface area contributed by atoms with Crippen molar-refractivity contribution in [3.63, 3.8) is 0 Å². The van der Waals surface area contributed by atoms with Crippen LogP contribution in [0.15, 0.2) is 5.16 Å². The van der Waals surface area contributed by atoms with Gasteiger partial charge in [0.25, 0.3) is 0 Å². The summed E-state index contributed by atoms with van der Waals surface area (Å²) in [5.41, 5.74) is 0. The molecule has 1 aliphatic heterocycles. The van der Waals surface area contributed by atoms with Crippen molar-refractivity contribution in [2.75, 3.05) is 13.2 Å². The number of oxime groups is 1. The summed E-state index contributed by atoms with van der Waals surface area (Å²) in [5.74, 6) is 0.949. The minimum Gasteiger partial charge on any atom is -0.469 e. The highest BCUT2D eigenvalue weighted by Crippen LogP contribution is 2.16. The smallest absolute Gasteiger partial charge is 0.229 e. The highest BCUT2D eigenvalue weighted by atomic mass is 16.7. The summed E-state index contributed by atoms with van der Waals surface area (Å²) in [6.45, 7) is 4.50. The molecule has 0 radical (unpaired) electrons. The van der Waals surface area contributed by atoms with Crippen molar-refractivity contribution >= 4 is 5.90 Å². The van der Waals surface area contributed by atoms with Crippen LogP contribution in [0.2, 0.25) is 0 Å². The maximum atomic E-state index is 8.88. The lowest BCUT2D eigenvalue weighted by Crippen LogP contribution is -2.33. The van der Waals surface area contributed by atoms with E-state index in [1.807, 2.05) is 0 Å². The van der Waals surface area contributed by atoms with Crippen LogP contribution >= 0.6 is 0 Å². The van der Waals surface area contributed by atoms with Gasteiger partial charge in [0.2, 0.25) is 5.90 Å². The van der Waals surface area contributed by atoms with Gasteiger partial charge in [0.15, 0.2) is 12.7 Å². The zero-order valence-corrected chi connectivity index (χ0v) is 8.19. The summed E-state index contributed by atoms with van der Waals surface area (Å²) in [6, 6.07) is 0.